The van der Waals surface area contributed by atoms with Crippen molar-refractivity contribution in [2.75, 3.05) is 0 Å². The van der Waals surface area contributed by atoms with Crippen molar-refractivity contribution in [2.45, 2.75) is 0 Å². The average Bonchev–Trinajstić information content (AvgIpc) is 2.66. The number of rotatable bonds is 1. The summed E-state index contributed by atoms with van der Waals surface area (Å²) in [5.74, 6) is -0.159. The molecule has 0 saturated carbocycles. The zero-order chi connectivity index (χ0) is 11.8. The molecule has 1 aliphatic heterocycles. The SMILES string of the molecule is O=C1N=C([Se])c2cccc(-c3ccccc3)c21. The van der Waals surface area contributed by atoms with Crippen LogP contribution in [0.5, 0.6) is 0 Å². The van der Waals surface area contributed by atoms with E-state index in [2.05, 4.69) is 21.0 Å². The molecule has 3 rings (SSSR count). The number of amides is 1. The van der Waals surface area contributed by atoms with Crippen LogP contribution in [0.1, 0.15) is 15.9 Å². The molecule has 0 aliphatic carbocycles. The fourth-order valence-electron chi connectivity index (χ4n) is 2.03. The van der Waals surface area contributed by atoms with E-state index < -0.39 is 0 Å². The van der Waals surface area contributed by atoms with Crippen LogP contribution in [0.15, 0.2) is 53.5 Å². The van der Waals surface area contributed by atoms with Gasteiger partial charge < -0.3 is 0 Å². The first kappa shape index (κ1) is 10.5. The maximum atomic E-state index is 11.9. The molecule has 17 heavy (non-hydrogen) atoms. The molecule has 0 unspecified atom stereocenters. The summed E-state index contributed by atoms with van der Waals surface area (Å²) < 4.78 is 0.683. The minimum atomic E-state index is -0.159. The number of carbonyl (C=O) groups excluding carboxylic acids is 1. The molecule has 1 aliphatic rings. The average molecular weight is 285 g/mol. The standard InChI is InChI=1S/C14H8NOSe/c16-13-12-10(9-5-2-1-3-6-9)7-4-8-11(12)14(17)15-13/h1-8H. The van der Waals surface area contributed by atoms with Crippen LogP contribution in [0.2, 0.25) is 0 Å². The van der Waals surface area contributed by atoms with Crippen LogP contribution in [-0.2, 0) is 0 Å². The molecule has 0 N–H and O–H groups in total. The Hall–Kier alpha value is -1.70. The van der Waals surface area contributed by atoms with E-state index in [1.807, 2.05) is 48.5 Å². The van der Waals surface area contributed by atoms with Gasteiger partial charge in [-0.1, -0.05) is 0 Å². The summed E-state index contributed by atoms with van der Waals surface area (Å²) in [4.78, 5) is 15.8. The number of carbonyl (C=O) groups is 1. The third-order valence-electron chi connectivity index (χ3n) is 2.80. The quantitative estimate of drug-likeness (QED) is 0.740. The second kappa shape index (κ2) is 3.95. The molecule has 1 heterocycles. The minimum absolute atomic E-state index is 0.159. The van der Waals surface area contributed by atoms with Crippen LogP contribution in [0.3, 0.4) is 0 Å². The van der Waals surface area contributed by atoms with Gasteiger partial charge in [-0.25, -0.2) is 0 Å². The maximum absolute atomic E-state index is 11.9. The van der Waals surface area contributed by atoms with Crippen LogP contribution in [0.4, 0.5) is 0 Å². The van der Waals surface area contributed by atoms with Crippen molar-refractivity contribution < 1.29 is 4.79 Å². The van der Waals surface area contributed by atoms with Crippen LogP contribution >= 0.6 is 0 Å². The molecule has 0 fully saturated rings. The first-order chi connectivity index (χ1) is 8.27. The third-order valence-corrected chi connectivity index (χ3v) is 3.45. The summed E-state index contributed by atoms with van der Waals surface area (Å²) >= 11 is 2.83. The molecule has 0 aromatic heterocycles. The van der Waals surface area contributed by atoms with E-state index in [1.54, 1.807) is 0 Å². The van der Waals surface area contributed by atoms with Gasteiger partial charge >= 0.3 is 107 Å². The van der Waals surface area contributed by atoms with E-state index in [4.69, 9.17) is 0 Å². The van der Waals surface area contributed by atoms with Gasteiger partial charge in [0.15, 0.2) is 0 Å². The van der Waals surface area contributed by atoms with E-state index >= 15 is 0 Å². The molecule has 0 atom stereocenters. The Morgan fingerprint density at radius 2 is 1.59 bits per heavy atom. The van der Waals surface area contributed by atoms with Gasteiger partial charge in [0, 0.05) is 0 Å². The molecule has 81 valence electrons. The molecule has 2 nitrogen and oxygen atoms in total. The predicted molar refractivity (Wildman–Crippen MR) is 68.5 cm³/mol. The Balaban J connectivity index is 2.26. The summed E-state index contributed by atoms with van der Waals surface area (Å²) in [5.41, 5.74) is 3.59. The van der Waals surface area contributed by atoms with Crippen LogP contribution < -0.4 is 0 Å². The molecule has 1 radical (unpaired) electrons. The molecular formula is C14H8NOSe. The number of nitrogens with zero attached hydrogens (tertiary/aromatic N) is 1. The number of hydrogen-bond donors (Lipinski definition) is 0. The van der Waals surface area contributed by atoms with Gasteiger partial charge in [0.25, 0.3) is 0 Å². The fourth-order valence-corrected chi connectivity index (χ4v) is 2.56. The first-order valence-corrected chi connectivity index (χ1v) is 6.12. The molecule has 2 aromatic rings. The zero-order valence-corrected chi connectivity index (χ0v) is 10.6. The molecule has 0 spiro atoms. The number of hydrogen-bond acceptors (Lipinski definition) is 1. The first-order valence-electron chi connectivity index (χ1n) is 5.26. The molecule has 0 bridgehead atoms. The summed E-state index contributed by atoms with van der Waals surface area (Å²) in [6.07, 6.45) is 0. The summed E-state index contributed by atoms with van der Waals surface area (Å²) in [7, 11) is 0. The van der Waals surface area contributed by atoms with E-state index in [0.717, 1.165) is 16.7 Å². The van der Waals surface area contributed by atoms with Crippen LogP contribution in [-0.4, -0.2) is 26.5 Å². The normalized spacial score (nSPS) is 13.4. The molecule has 0 saturated heterocycles. The predicted octanol–water partition coefficient (Wildman–Crippen LogP) is 2.42. The Kier molecular flexibility index (Phi) is 2.43. The summed E-state index contributed by atoms with van der Waals surface area (Å²) in [6.45, 7) is 0. The van der Waals surface area contributed by atoms with Crippen LogP contribution in [0.25, 0.3) is 11.1 Å². The fraction of sp³-hybridized carbons (Fsp3) is 0. The summed E-state index contributed by atoms with van der Waals surface area (Å²) in [5, 5.41) is 0. The topological polar surface area (TPSA) is 29.4 Å². The van der Waals surface area contributed by atoms with Crippen molar-refractivity contribution in [3.05, 3.63) is 59.7 Å². The van der Waals surface area contributed by atoms with Crippen molar-refractivity contribution in [3.8, 4) is 11.1 Å². The van der Waals surface area contributed by atoms with Crippen molar-refractivity contribution >= 4 is 26.5 Å². The van der Waals surface area contributed by atoms with Gasteiger partial charge in [0.05, 0.1) is 0 Å². The van der Waals surface area contributed by atoms with Gasteiger partial charge in [-0.2, -0.15) is 0 Å². The third kappa shape index (κ3) is 1.64. The Morgan fingerprint density at radius 3 is 2.35 bits per heavy atom. The van der Waals surface area contributed by atoms with E-state index in [-0.39, 0.29) is 5.91 Å². The second-order valence-electron chi connectivity index (χ2n) is 3.82. The molecule has 3 heteroatoms. The van der Waals surface area contributed by atoms with Gasteiger partial charge in [0.1, 0.15) is 0 Å². The number of benzene rings is 2. The van der Waals surface area contributed by atoms with Crippen molar-refractivity contribution in [1.29, 1.82) is 0 Å². The van der Waals surface area contributed by atoms with Gasteiger partial charge in [0.2, 0.25) is 0 Å². The molecule has 2 aromatic carbocycles. The van der Waals surface area contributed by atoms with E-state index in [9.17, 15) is 4.79 Å². The Labute approximate surface area is 107 Å². The van der Waals surface area contributed by atoms with Gasteiger partial charge in [-0.3, -0.25) is 0 Å². The Morgan fingerprint density at radius 1 is 0.882 bits per heavy atom. The molecule has 1 amide bonds. The Bertz CT molecular complexity index is 632. The number of aliphatic imine (C=N–C) groups is 1. The van der Waals surface area contributed by atoms with Crippen molar-refractivity contribution in [3.63, 3.8) is 0 Å². The van der Waals surface area contributed by atoms with E-state index in [0.29, 0.717) is 10.2 Å². The summed E-state index contributed by atoms with van der Waals surface area (Å²) in [6, 6.07) is 15.7. The van der Waals surface area contributed by atoms with Crippen molar-refractivity contribution in [1.82, 2.24) is 0 Å². The van der Waals surface area contributed by atoms with Crippen LogP contribution in [0, 0.1) is 0 Å². The second-order valence-corrected chi connectivity index (χ2v) is 4.63. The number of fused-ring (bicyclic) bond motifs is 1. The van der Waals surface area contributed by atoms with Crippen molar-refractivity contribution in [2.24, 2.45) is 4.99 Å². The zero-order valence-electron chi connectivity index (χ0n) is 8.88. The monoisotopic (exact) mass is 286 g/mol. The van der Waals surface area contributed by atoms with E-state index in [1.165, 1.54) is 0 Å². The van der Waals surface area contributed by atoms with Gasteiger partial charge in [-0.15, -0.1) is 0 Å². The molecular weight excluding hydrogens is 277 g/mol. The van der Waals surface area contributed by atoms with Gasteiger partial charge in [-0.05, 0) is 0 Å².